The van der Waals surface area contributed by atoms with Crippen molar-refractivity contribution in [3.8, 4) is 0 Å². The molecule has 4 heteroatoms. The van der Waals surface area contributed by atoms with E-state index in [4.69, 9.17) is 0 Å². The highest BCUT2D eigenvalue weighted by Crippen LogP contribution is 2.00. The summed E-state index contributed by atoms with van der Waals surface area (Å²) < 4.78 is 0. The molecule has 0 heterocycles. The van der Waals surface area contributed by atoms with Gasteiger partial charge in [-0.2, -0.15) is 0 Å². The summed E-state index contributed by atoms with van der Waals surface area (Å²) in [6.45, 7) is 6.11. The Labute approximate surface area is 114 Å². The third-order valence-electron chi connectivity index (χ3n) is 2.67. The van der Waals surface area contributed by atoms with Gasteiger partial charge in [0.2, 0.25) is 11.8 Å². The molecule has 0 aliphatic rings. The minimum atomic E-state index is -0.505. The van der Waals surface area contributed by atoms with E-state index in [2.05, 4.69) is 10.6 Å². The van der Waals surface area contributed by atoms with E-state index in [-0.39, 0.29) is 11.8 Å². The van der Waals surface area contributed by atoms with E-state index >= 15 is 0 Å². The maximum atomic E-state index is 11.8. The summed E-state index contributed by atoms with van der Waals surface area (Å²) in [7, 11) is 0. The van der Waals surface area contributed by atoms with Crippen LogP contribution in [0.5, 0.6) is 0 Å². The van der Waals surface area contributed by atoms with Crippen molar-refractivity contribution >= 4 is 11.8 Å². The molecule has 2 amide bonds. The van der Waals surface area contributed by atoms with Crippen LogP contribution in [-0.2, 0) is 16.1 Å². The van der Waals surface area contributed by atoms with Crippen LogP contribution in [0, 0.1) is 5.92 Å². The molecule has 0 bridgehead atoms. The molecule has 0 radical (unpaired) electrons. The summed E-state index contributed by atoms with van der Waals surface area (Å²) in [5, 5.41) is 5.50. The van der Waals surface area contributed by atoms with E-state index < -0.39 is 6.04 Å². The quantitative estimate of drug-likeness (QED) is 0.822. The molecule has 0 saturated heterocycles. The first-order chi connectivity index (χ1) is 8.99. The number of hydrogen-bond donors (Lipinski definition) is 2. The van der Waals surface area contributed by atoms with Crippen LogP contribution in [0.4, 0.5) is 0 Å². The molecule has 0 aromatic heterocycles. The number of amides is 2. The lowest BCUT2D eigenvalue weighted by Crippen LogP contribution is -2.44. The molecule has 1 aromatic rings. The third-order valence-corrected chi connectivity index (χ3v) is 2.67. The van der Waals surface area contributed by atoms with Crippen LogP contribution in [0.3, 0.4) is 0 Å². The SMILES string of the molecule is CC(C)CC(=O)NC(C)C(=O)NCc1ccccc1. The molecule has 0 spiro atoms. The van der Waals surface area contributed by atoms with Gasteiger partial charge in [0.1, 0.15) is 6.04 Å². The monoisotopic (exact) mass is 262 g/mol. The standard InChI is InChI=1S/C15H22N2O2/c1-11(2)9-14(18)17-12(3)15(19)16-10-13-7-5-4-6-8-13/h4-8,11-12H,9-10H2,1-3H3,(H,16,19)(H,17,18). The lowest BCUT2D eigenvalue weighted by molar-refractivity contribution is -0.129. The molecule has 104 valence electrons. The molecule has 1 unspecified atom stereocenters. The lowest BCUT2D eigenvalue weighted by Gasteiger charge is -2.15. The van der Waals surface area contributed by atoms with E-state index in [1.54, 1.807) is 6.92 Å². The molecule has 0 aliphatic heterocycles. The zero-order valence-electron chi connectivity index (χ0n) is 11.8. The van der Waals surface area contributed by atoms with Crippen LogP contribution in [0.1, 0.15) is 32.8 Å². The minimum Gasteiger partial charge on any atom is -0.350 e. The van der Waals surface area contributed by atoms with Gasteiger partial charge in [-0.3, -0.25) is 9.59 Å². The molecule has 0 fully saturated rings. The fraction of sp³-hybridized carbons (Fsp3) is 0.467. The second-order valence-electron chi connectivity index (χ2n) is 5.09. The van der Waals surface area contributed by atoms with Crippen LogP contribution in [0.2, 0.25) is 0 Å². The second kappa shape index (κ2) is 7.56. The number of carbonyl (C=O) groups excluding carboxylic acids is 2. The maximum absolute atomic E-state index is 11.8. The highest BCUT2D eigenvalue weighted by Gasteiger charge is 2.15. The molecule has 1 atom stereocenters. The summed E-state index contributed by atoms with van der Waals surface area (Å²) in [4.78, 5) is 23.4. The first kappa shape index (κ1) is 15.2. The second-order valence-corrected chi connectivity index (χ2v) is 5.09. The molecule has 19 heavy (non-hydrogen) atoms. The van der Waals surface area contributed by atoms with Gasteiger partial charge in [-0.05, 0) is 18.4 Å². The highest BCUT2D eigenvalue weighted by atomic mass is 16.2. The summed E-state index contributed by atoms with van der Waals surface area (Å²) in [5.41, 5.74) is 1.04. The first-order valence-corrected chi connectivity index (χ1v) is 6.60. The van der Waals surface area contributed by atoms with Gasteiger partial charge < -0.3 is 10.6 Å². The number of hydrogen-bond acceptors (Lipinski definition) is 2. The Hall–Kier alpha value is -1.84. The fourth-order valence-electron chi connectivity index (χ4n) is 1.67. The van der Waals surface area contributed by atoms with Crippen molar-refractivity contribution < 1.29 is 9.59 Å². The van der Waals surface area contributed by atoms with Gasteiger partial charge in [0.15, 0.2) is 0 Å². The number of nitrogens with one attached hydrogen (secondary N) is 2. The van der Waals surface area contributed by atoms with E-state index in [0.717, 1.165) is 5.56 Å². The largest absolute Gasteiger partial charge is 0.350 e. The van der Waals surface area contributed by atoms with Crippen LogP contribution in [-0.4, -0.2) is 17.9 Å². The van der Waals surface area contributed by atoms with Crippen molar-refractivity contribution in [1.29, 1.82) is 0 Å². The van der Waals surface area contributed by atoms with Crippen LogP contribution in [0.25, 0.3) is 0 Å². The van der Waals surface area contributed by atoms with Crippen molar-refractivity contribution in [2.24, 2.45) is 5.92 Å². The number of benzene rings is 1. The zero-order valence-corrected chi connectivity index (χ0v) is 11.8. The van der Waals surface area contributed by atoms with Crippen LogP contribution in [0.15, 0.2) is 30.3 Å². The summed E-state index contributed by atoms with van der Waals surface area (Å²) in [5.74, 6) is 0.0397. The Kier molecular flexibility index (Phi) is 6.06. The lowest BCUT2D eigenvalue weighted by atomic mass is 10.1. The highest BCUT2D eigenvalue weighted by molar-refractivity contribution is 5.87. The van der Waals surface area contributed by atoms with Crippen molar-refractivity contribution in [3.05, 3.63) is 35.9 Å². The van der Waals surface area contributed by atoms with Crippen LogP contribution >= 0.6 is 0 Å². The molecule has 0 saturated carbocycles. The number of rotatable bonds is 6. The normalized spacial score (nSPS) is 12.0. The number of carbonyl (C=O) groups is 2. The molecule has 1 aromatic carbocycles. The molecule has 0 aliphatic carbocycles. The topological polar surface area (TPSA) is 58.2 Å². The Morgan fingerprint density at radius 1 is 1.11 bits per heavy atom. The Balaban J connectivity index is 2.35. The predicted octanol–water partition coefficient (Wildman–Crippen LogP) is 1.85. The van der Waals surface area contributed by atoms with E-state index in [1.165, 1.54) is 0 Å². The summed E-state index contributed by atoms with van der Waals surface area (Å²) >= 11 is 0. The Morgan fingerprint density at radius 3 is 2.32 bits per heavy atom. The molecule has 2 N–H and O–H groups in total. The predicted molar refractivity (Wildman–Crippen MR) is 75.3 cm³/mol. The van der Waals surface area contributed by atoms with Crippen molar-refractivity contribution in [3.63, 3.8) is 0 Å². The van der Waals surface area contributed by atoms with E-state index in [1.807, 2.05) is 44.2 Å². The molecular formula is C15H22N2O2. The zero-order chi connectivity index (χ0) is 14.3. The Bertz CT molecular complexity index is 415. The van der Waals surface area contributed by atoms with Gasteiger partial charge >= 0.3 is 0 Å². The average molecular weight is 262 g/mol. The summed E-state index contributed by atoms with van der Waals surface area (Å²) in [6.07, 6.45) is 0.441. The van der Waals surface area contributed by atoms with Gasteiger partial charge in [-0.25, -0.2) is 0 Å². The van der Waals surface area contributed by atoms with Crippen molar-refractivity contribution in [2.45, 2.75) is 39.8 Å². The maximum Gasteiger partial charge on any atom is 0.242 e. The van der Waals surface area contributed by atoms with Crippen LogP contribution < -0.4 is 10.6 Å². The van der Waals surface area contributed by atoms with Gasteiger partial charge in [-0.1, -0.05) is 44.2 Å². The molecular weight excluding hydrogens is 240 g/mol. The van der Waals surface area contributed by atoms with Gasteiger partial charge in [-0.15, -0.1) is 0 Å². The van der Waals surface area contributed by atoms with E-state index in [0.29, 0.717) is 18.9 Å². The third kappa shape index (κ3) is 6.04. The minimum absolute atomic E-state index is 0.0858. The van der Waals surface area contributed by atoms with Gasteiger partial charge in [0, 0.05) is 13.0 Å². The molecule has 4 nitrogen and oxygen atoms in total. The van der Waals surface area contributed by atoms with Gasteiger partial charge in [0.05, 0.1) is 0 Å². The van der Waals surface area contributed by atoms with Crippen molar-refractivity contribution in [2.75, 3.05) is 0 Å². The fourth-order valence-corrected chi connectivity index (χ4v) is 1.67. The average Bonchev–Trinajstić information content (AvgIpc) is 2.36. The van der Waals surface area contributed by atoms with Gasteiger partial charge in [0.25, 0.3) is 0 Å². The summed E-state index contributed by atoms with van der Waals surface area (Å²) in [6, 6.07) is 9.17. The smallest absolute Gasteiger partial charge is 0.242 e. The first-order valence-electron chi connectivity index (χ1n) is 6.60. The Morgan fingerprint density at radius 2 is 1.74 bits per heavy atom. The van der Waals surface area contributed by atoms with Crippen molar-refractivity contribution in [1.82, 2.24) is 10.6 Å². The van der Waals surface area contributed by atoms with E-state index in [9.17, 15) is 9.59 Å². The molecule has 1 rings (SSSR count).